The second kappa shape index (κ2) is 5.61. The molecule has 2 atom stereocenters. The van der Waals surface area contributed by atoms with E-state index < -0.39 is 0 Å². The van der Waals surface area contributed by atoms with Crippen LogP contribution >= 0.6 is 11.8 Å². The van der Waals surface area contributed by atoms with Crippen molar-refractivity contribution in [3.63, 3.8) is 0 Å². The van der Waals surface area contributed by atoms with Gasteiger partial charge in [-0.1, -0.05) is 13.8 Å². The van der Waals surface area contributed by atoms with E-state index in [9.17, 15) is 4.79 Å². The van der Waals surface area contributed by atoms with Crippen LogP contribution in [-0.2, 0) is 9.53 Å². The van der Waals surface area contributed by atoms with Crippen LogP contribution in [0.25, 0.3) is 0 Å². The molecule has 3 nitrogen and oxygen atoms in total. The molecule has 0 bridgehead atoms. The van der Waals surface area contributed by atoms with Gasteiger partial charge in [0.2, 0.25) is 0 Å². The van der Waals surface area contributed by atoms with Crippen molar-refractivity contribution in [2.24, 2.45) is 5.92 Å². The first-order valence-electron chi connectivity index (χ1n) is 5.17. The SMILES string of the molecule is CCOC(=O)C1CSC(CC(C)C)N1. The van der Waals surface area contributed by atoms with Gasteiger partial charge in [-0.2, -0.15) is 0 Å². The highest BCUT2D eigenvalue weighted by atomic mass is 32.2. The predicted octanol–water partition coefficient (Wildman–Crippen LogP) is 1.63. The maximum Gasteiger partial charge on any atom is 0.324 e. The Labute approximate surface area is 90.0 Å². The molecule has 0 aliphatic carbocycles. The summed E-state index contributed by atoms with van der Waals surface area (Å²) in [6.45, 7) is 6.70. The number of esters is 1. The number of nitrogens with one attached hydrogen (secondary N) is 1. The van der Waals surface area contributed by atoms with Gasteiger partial charge in [0.25, 0.3) is 0 Å². The normalized spacial score (nSPS) is 26.9. The molecule has 0 amide bonds. The third kappa shape index (κ3) is 3.50. The maximum atomic E-state index is 11.4. The van der Waals surface area contributed by atoms with E-state index in [0.29, 0.717) is 17.9 Å². The topological polar surface area (TPSA) is 38.3 Å². The molecule has 1 saturated heterocycles. The minimum atomic E-state index is -0.105. The first-order chi connectivity index (χ1) is 6.63. The number of hydrogen-bond donors (Lipinski definition) is 1. The smallest absolute Gasteiger partial charge is 0.324 e. The van der Waals surface area contributed by atoms with E-state index in [0.717, 1.165) is 12.2 Å². The number of thioether (sulfide) groups is 1. The molecule has 0 spiro atoms. The van der Waals surface area contributed by atoms with E-state index in [1.807, 2.05) is 18.7 Å². The van der Waals surface area contributed by atoms with Gasteiger partial charge in [-0.25, -0.2) is 0 Å². The largest absolute Gasteiger partial charge is 0.465 e. The molecule has 0 radical (unpaired) electrons. The minimum Gasteiger partial charge on any atom is -0.465 e. The van der Waals surface area contributed by atoms with Crippen LogP contribution in [0.3, 0.4) is 0 Å². The quantitative estimate of drug-likeness (QED) is 0.726. The van der Waals surface area contributed by atoms with Gasteiger partial charge in [-0.3, -0.25) is 10.1 Å². The molecule has 1 N–H and O–H groups in total. The van der Waals surface area contributed by atoms with Crippen molar-refractivity contribution in [3.05, 3.63) is 0 Å². The number of rotatable bonds is 4. The van der Waals surface area contributed by atoms with Gasteiger partial charge in [-0.05, 0) is 19.3 Å². The standard InChI is InChI=1S/C10H19NO2S/c1-4-13-10(12)8-6-14-9(11-8)5-7(2)3/h7-9,11H,4-6H2,1-3H3. The van der Waals surface area contributed by atoms with E-state index in [4.69, 9.17) is 4.74 Å². The summed E-state index contributed by atoms with van der Waals surface area (Å²) in [6.07, 6.45) is 1.11. The number of ether oxygens (including phenoxy) is 1. The first kappa shape index (κ1) is 11.9. The van der Waals surface area contributed by atoms with Crippen LogP contribution in [0.1, 0.15) is 27.2 Å². The van der Waals surface area contributed by atoms with E-state index in [1.165, 1.54) is 0 Å². The summed E-state index contributed by atoms with van der Waals surface area (Å²) < 4.78 is 4.96. The zero-order chi connectivity index (χ0) is 10.6. The average molecular weight is 217 g/mol. The Bertz CT molecular complexity index is 197. The summed E-state index contributed by atoms with van der Waals surface area (Å²) in [4.78, 5) is 11.4. The highest BCUT2D eigenvalue weighted by Gasteiger charge is 2.30. The van der Waals surface area contributed by atoms with Gasteiger partial charge in [0, 0.05) is 5.75 Å². The fourth-order valence-electron chi connectivity index (χ4n) is 1.48. The Morgan fingerprint density at radius 3 is 2.93 bits per heavy atom. The van der Waals surface area contributed by atoms with Crippen LogP contribution in [0.2, 0.25) is 0 Å². The Morgan fingerprint density at radius 2 is 2.36 bits per heavy atom. The molecular weight excluding hydrogens is 198 g/mol. The molecule has 1 fully saturated rings. The summed E-state index contributed by atoms with van der Waals surface area (Å²) in [5.74, 6) is 1.41. The third-order valence-corrected chi connectivity index (χ3v) is 3.36. The molecule has 1 aliphatic heterocycles. The number of carbonyl (C=O) groups is 1. The fourth-order valence-corrected chi connectivity index (χ4v) is 2.91. The van der Waals surface area contributed by atoms with Gasteiger partial charge < -0.3 is 4.74 Å². The van der Waals surface area contributed by atoms with Gasteiger partial charge in [0.15, 0.2) is 0 Å². The summed E-state index contributed by atoms with van der Waals surface area (Å²) >= 11 is 1.82. The second-order valence-electron chi connectivity index (χ2n) is 3.92. The first-order valence-corrected chi connectivity index (χ1v) is 6.22. The number of hydrogen-bond acceptors (Lipinski definition) is 4. The summed E-state index contributed by atoms with van der Waals surface area (Å²) in [7, 11) is 0. The van der Waals surface area contributed by atoms with Crippen molar-refractivity contribution in [1.29, 1.82) is 0 Å². The maximum absolute atomic E-state index is 11.4. The molecule has 14 heavy (non-hydrogen) atoms. The molecule has 0 aromatic rings. The van der Waals surface area contributed by atoms with Crippen LogP contribution in [-0.4, -0.2) is 29.7 Å². The van der Waals surface area contributed by atoms with Crippen molar-refractivity contribution in [2.45, 2.75) is 38.6 Å². The predicted molar refractivity (Wildman–Crippen MR) is 59.3 cm³/mol. The molecule has 1 heterocycles. The van der Waals surface area contributed by atoms with Gasteiger partial charge in [-0.15, -0.1) is 11.8 Å². The van der Waals surface area contributed by atoms with Gasteiger partial charge >= 0.3 is 5.97 Å². The highest BCUT2D eigenvalue weighted by molar-refractivity contribution is 8.00. The third-order valence-electron chi connectivity index (χ3n) is 2.11. The monoisotopic (exact) mass is 217 g/mol. The van der Waals surface area contributed by atoms with Crippen molar-refractivity contribution in [1.82, 2.24) is 5.32 Å². The Morgan fingerprint density at radius 1 is 1.64 bits per heavy atom. The van der Waals surface area contributed by atoms with E-state index >= 15 is 0 Å². The van der Waals surface area contributed by atoms with Crippen LogP contribution in [0, 0.1) is 5.92 Å². The van der Waals surface area contributed by atoms with Crippen LogP contribution in [0.4, 0.5) is 0 Å². The van der Waals surface area contributed by atoms with E-state index in [1.54, 1.807) is 0 Å². The van der Waals surface area contributed by atoms with Gasteiger partial charge in [0.05, 0.1) is 12.0 Å². The molecule has 0 aromatic carbocycles. The minimum absolute atomic E-state index is 0.0938. The zero-order valence-electron chi connectivity index (χ0n) is 9.08. The van der Waals surface area contributed by atoms with Crippen molar-refractivity contribution in [2.75, 3.05) is 12.4 Å². The molecule has 4 heteroatoms. The second-order valence-corrected chi connectivity index (χ2v) is 5.16. The molecule has 1 aliphatic rings. The average Bonchev–Trinajstić information content (AvgIpc) is 2.52. The lowest BCUT2D eigenvalue weighted by molar-refractivity contribution is -0.144. The van der Waals surface area contributed by atoms with Crippen LogP contribution in [0.5, 0.6) is 0 Å². The Hall–Kier alpha value is -0.220. The summed E-state index contributed by atoms with van der Waals surface area (Å²) in [6, 6.07) is -0.0938. The summed E-state index contributed by atoms with van der Waals surface area (Å²) in [5, 5.41) is 3.72. The fraction of sp³-hybridized carbons (Fsp3) is 0.900. The van der Waals surface area contributed by atoms with Crippen molar-refractivity contribution < 1.29 is 9.53 Å². The van der Waals surface area contributed by atoms with Gasteiger partial charge in [0.1, 0.15) is 6.04 Å². The lowest BCUT2D eigenvalue weighted by Crippen LogP contribution is -2.38. The molecular formula is C10H19NO2S. The Balaban J connectivity index is 2.29. The molecule has 1 rings (SSSR count). The van der Waals surface area contributed by atoms with Crippen molar-refractivity contribution >= 4 is 17.7 Å². The Kier molecular flexibility index (Phi) is 4.75. The zero-order valence-corrected chi connectivity index (χ0v) is 9.89. The molecule has 2 unspecified atom stereocenters. The molecule has 0 aromatic heterocycles. The molecule has 82 valence electrons. The molecule has 0 saturated carbocycles. The highest BCUT2D eigenvalue weighted by Crippen LogP contribution is 2.24. The lowest BCUT2D eigenvalue weighted by Gasteiger charge is -2.13. The lowest BCUT2D eigenvalue weighted by atomic mass is 10.1. The van der Waals surface area contributed by atoms with Crippen LogP contribution in [0.15, 0.2) is 0 Å². The number of carbonyl (C=O) groups excluding carboxylic acids is 1. The van der Waals surface area contributed by atoms with E-state index in [2.05, 4.69) is 19.2 Å². The van der Waals surface area contributed by atoms with E-state index in [-0.39, 0.29) is 12.0 Å². The summed E-state index contributed by atoms with van der Waals surface area (Å²) in [5.41, 5.74) is 0. The van der Waals surface area contributed by atoms with Crippen molar-refractivity contribution in [3.8, 4) is 0 Å². The van der Waals surface area contributed by atoms with Crippen LogP contribution < -0.4 is 5.32 Å².